The smallest absolute Gasteiger partial charge is 0.231 e. The number of phenols is 1. The maximum absolute atomic E-state index is 12.2. The van der Waals surface area contributed by atoms with Crippen molar-refractivity contribution in [3.05, 3.63) is 45.0 Å². The monoisotopic (exact) mass is 548 g/mol. The van der Waals surface area contributed by atoms with Gasteiger partial charge < -0.3 is 29.4 Å². The maximum atomic E-state index is 12.2. The van der Waals surface area contributed by atoms with Crippen LogP contribution in [0.5, 0.6) is 23.0 Å². The average Bonchev–Trinajstić information content (AvgIpc) is 3.41. The second-order valence-electron chi connectivity index (χ2n) is 11.3. The highest BCUT2D eigenvalue weighted by molar-refractivity contribution is 5.73. The lowest BCUT2D eigenvalue weighted by molar-refractivity contribution is -0.120. The van der Waals surface area contributed by atoms with Gasteiger partial charge in [0.1, 0.15) is 17.5 Å². The molecule has 40 heavy (non-hydrogen) atoms. The predicted molar refractivity (Wildman–Crippen MR) is 146 cm³/mol. The van der Waals surface area contributed by atoms with E-state index in [-0.39, 0.29) is 49.9 Å². The Balaban J connectivity index is 1.59. The van der Waals surface area contributed by atoms with E-state index in [1.165, 1.54) is 12.5 Å². The fourth-order valence-electron chi connectivity index (χ4n) is 7.43. The van der Waals surface area contributed by atoms with Crippen molar-refractivity contribution in [2.45, 2.75) is 70.7 Å². The Morgan fingerprint density at radius 2 is 1.93 bits per heavy atom. The fourth-order valence-corrected chi connectivity index (χ4v) is 7.43. The summed E-state index contributed by atoms with van der Waals surface area (Å²) in [4.78, 5) is 16.7. The molecule has 5 atom stereocenters. The molecule has 6 rings (SSSR count). The number of carbonyl (C=O) groups excluding carboxylic acids is 1. The van der Waals surface area contributed by atoms with E-state index in [0.717, 1.165) is 33.6 Å². The van der Waals surface area contributed by atoms with Crippen molar-refractivity contribution < 1.29 is 28.8 Å². The van der Waals surface area contributed by atoms with Gasteiger partial charge in [0.25, 0.3) is 0 Å². The quantitative estimate of drug-likeness (QED) is 0.544. The van der Waals surface area contributed by atoms with Crippen LogP contribution < -0.4 is 19.5 Å². The van der Waals surface area contributed by atoms with Crippen LogP contribution in [0.3, 0.4) is 0 Å². The van der Waals surface area contributed by atoms with E-state index >= 15 is 0 Å². The van der Waals surface area contributed by atoms with Gasteiger partial charge in [-0.2, -0.15) is 5.26 Å². The Kier molecular flexibility index (Phi) is 6.56. The molecule has 2 aromatic rings. The Bertz CT molecular complexity index is 1430. The number of nitrogens with zero attached hydrogens (tertiary/aromatic N) is 3. The second kappa shape index (κ2) is 9.84. The van der Waals surface area contributed by atoms with Crippen LogP contribution in [0.4, 0.5) is 0 Å². The number of likely N-dealkylation sites (N-methyl/N-ethyl adjacent to an activating group) is 1. The van der Waals surface area contributed by atoms with E-state index in [1.54, 1.807) is 7.11 Å². The molecule has 2 unspecified atom stereocenters. The Morgan fingerprint density at radius 1 is 1.18 bits per heavy atom. The number of piperazine rings is 1. The molecule has 2 bridgehead atoms. The lowest BCUT2D eigenvalue weighted by Gasteiger charge is -2.60. The topological polar surface area (TPSA) is 117 Å². The van der Waals surface area contributed by atoms with Gasteiger partial charge in [-0.15, -0.1) is 0 Å². The van der Waals surface area contributed by atoms with Crippen LogP contribution in [0.1, 0.15) is 58.0 Å². The number of benzene rings is 2. The minimum atomic E-state index is -0.460. The number of nitriles is 1. The predicted octanol–water partition coefficient (Wildman–Crippen LogP) is 2.94. The first-order valence-corrected chi connectivity index (χ1v) is 13.7. The van der Waals surface area contributed by atoms with E-state index in [2.05, 4.69) is 48.1 Å². The van der Waals surface area contributed by atoms with Gasteiger partial charge in [-0.3, -0.25) is 14.6 Å². The van der Waals surface area contributed by atoms with Gasteiger partial charge >= 0.3 is 0 Å². The largest absolute Gasteiger partial charge is 0.507 e. The average molecular weight is 549 g/mol. The summed E-state index contributed by atoms with van der Waals surface area (Å²) in [6.45, 7) is 7.92. The SMILES string of the molecule is COCOc1c(C)c(C)cc2c1C1C3Cc4c(O)c(C)c5c(c4[C@H](CNC(C)=O)N3[C@@H](C#N)[C@H](C2)N1C)OCO5. The van der Waals surface area contributed by atoms with E-state index in [4.69, 9.17) is 18.9 Å². The first kappa shape index (κ1) is 26.7. The van der Waals surface area contributed by atoms with Crippen molar-refractivity contribution >= 4 is 5.91 Å². The molecule has 0 aliphatic carbocycles. The summed E-state index contributed by atoms with van der Waals surface area (Å²) in [6.07, 6.45) is 1.18. The van der Waals surface area contributed by atoms with Crippen LogP contribution in [0.2, 0.25) is 0 Å². The normalized spacial score (nSPS) is 26.4. The number of hydrogen-bond acceptors (Lipinski definition) is 9. The molecule has 212 valence electrons. The number of amides is 1. The standard InChI is InChI=1S/C30H36N4O6/c1-14-7-18-8-20-22(10-31)34-21(26(33(20)5)24(18)28(15(14)2)38-12-37-6)9-19-25(23(34)11-32-17(4)35)30-29(39-13-40-30)16(3)27(19)36/h7,20-23,26,36H,8-9,11-13H2,1-6H3,(H,32,35)/t20-,21?,22-,23-,26?/m0/s1. The molecule has 4 aliphatic heterocycles. The van der Waals surface area contributed by atoms with Crippen LogP contribution >= 0.6 is 0 Å². The third-order valence-corrected chi connectivity index (χ3v) is 9.30. The van der Waals surface area contributed by atoms with Crippen LogP contribution in [-0.2, 0) is 22.4 Å². The molecule has 10 nitrogen and oxygen atoms in total. The maximum Gasteiger partial charge on any atom is 0.231 e. The minimum Gasteiger partial charge on any atom is -0.507 e. The number of aryl methyl sites for hydroxylation is 1. The summed E-state index contributed by atoms with van der Waals surface area (Å²) in [7, 11) is 3.69. The zero-order chi connectivity index (χ0) is 28.5. The van der Waals surface area contributed by atoms with Crippen LogP contribution in [0.25, 0.3) is 0 Å². The number of methoxy groups -OCH3 is 1. The van der Waals surface area contributed by atoms with E-state index < -0.39 is 12.1 Å². The van der Waals surface area contributed by atoms with Gasteiger partial charge in [0, 0.05) is 54.9 Å². The van der Waals surface area contributed by atoms with Crippen LogP contribution in [0.15, 0.2) is 6.07 Å². The molecular weight excluding hydrogens is 512 g/mol. The summed E-state index contributed by atoms with van der Waals surface area (Å²) in [6, 6.07) is 3.60. The van der Waals surface area contributed by atoms with Crippen molar-refractivity contribution in [1.82, 2.24) is 15.1 Å². The van der Waals surface area contributed by atoms with Gasteiger partial charge in [0.15, 0.2) is 18.3 Å². The van der Waals surface area contributed by atoms with Gasteiger partial charge in [-0.05, 0) is 57.4 Å². The molecular formula is C30H36N4O6. The molecule has 10 heteroatoms. The number of nitrogens with one attached hydrogen (secondary N) is 1. The summed E-state index contributed by atoms with van der Waals surface area (Å²) < 4.78 is 23.3. The van der Waals surface area contributed by atoms with E-state index in [1.807, 2.05) is 6.92 Å². The van der Waals surface area contributed by atoms with Gasteiger partial charge in [0.2, 0.25) is 12.7 Å². The zero-order valence-corrected chi connectivity index (χ0v) is 23.8. The van der Waals surface area contributed by atoms with Crippen molar-refractivity contribution in [1.29, 1.82) is 5.26 Å². The fraction of sp³-hybridized carbons (Fsp3) is 0.533. The molecule has 0 saturated carbocycles. The van der Waals surface area contributed by atoms with Gasteiger partial charge in [-0.25, -0.2) is 0 Å². The first-order chi connectivity index (χ1) is 19.2. The molecule has 2 N–H and O–H groups in total. The summed E-state index contributed by atoms with van der Waals surface area (Å²) >= 11 is 0. The van der Waals surface area contributed by atoms with Crippen LogP contribution in [-0.4, -0.2) is 73.2 Å². The molecule has 0 radical (unpaired) electrons. The van der Waals surface area contributed by atoms with Crippen molar-refractivity contribution in [2.75, 3.05) is 34.3 Å². The minimum absolute atomic E-state index is 0.0597. The molecule has 0 spiro atoms. The van der Waals surface area contributed by atoms with Crippen LogP contribution in [0, 0.1) is 32.1 Å². The van der Waals surface area contributed by atoms with Crippen molar-refractivity contribution in [2.24, 2.45) is 0 Å². The molecule has 4 heterocycles. The molecule has 1 saturated heterocycles. The number of ether oxygens (including phenoxy) is 4. The van der Waals surface area contributed by atoms with Crippen molar-refractivity contribution in [3.8, 4) is 29.1 Å². The number of phenolic OH excluding ortho intramolecular Hbond substituents is 1. The number of hydrogen-bond donors (Lipinski definition) is 2. The number of aromatic hydroxyl groups is 1. The first-order valence-electron chi connectivity index (χ1n) is 13.7. The molecule has 0 aromatic heterocycles. The Morgan fingerprint density at radius 3 is 2.62 bits per heavy atom. The lowest BCUT2D eigenvalue weighted by atomic mass is 9.71. The highest BCUT2D eigenvalue weighted by Crippen LogP contribution is 2.57. The number of carbonyl (C=O) groups is 1. The Labute approximate surface area is 234 Å². The summed E-state index contributed by atoms with van der Waals surface area (Å²) in [5.41, 5.74) is 6.68. The molecule has 1 amide bonds. The highest BCUT2D eigenvalue weighted by atomic mass is 16.7. The van der Waals surface area contributed by atoms with Gasteiger partial charge in [-0.1, -0.05) is 6.07 Å². The summed E-state index contributed by atoms with van der Waals surface area (Å²) in [5, 5.41) is 25.1. The second-order valence-corrected chi connectivity index (χ2v) is 11.3. The summed E-state index contributed by atoms with van der Waals surface area (Å²) in [5.74, 6) is 1.95. The Hall–Kier alpha value is -3.52. The number of rotatable bonds is 5. The van der Waals surface area contributed by atoms with E-state index in [0.29, 0.717) is 29.9 Å². The number of fused-ring (bicyclic) bond motifs is 9. The molecule has 1 fully saturated rings. The lowest BCUT2D eigenvalue weighted by Crippen LogP contribution is -2.68. The third kappa shape index (κ3) is 3.75. The molecule has 2 aromatic carbocycles. The highest BCUT2D eigenvalue weighted by Gasteiger charge is 2.56. The van der Waals surface area contributed by atoms with Crippen molar-refractivity contribution in [3.63, 3.8) is 0 Å². The van der Waals surface area contributed by atoms with E-state index in [9.17, 15) is 15.2 Å². The van der Waals surface area contributed by atoms with Gasteiger partial charge in [0.05, 0.1) is 18.2 Å². The zero-order valence-electron chi connectivity index (χ0n) is 23.8. The molecule has 4 aliphatic rings. The third-order valence-electron chi connectivity index (χ3n) is 9.30.